The number of aromatic amines is 1. The Bertz CT molecular complexity index is 1500. The number of ether oxygens (including phenoxy) is 3. The first-order valence-electron chi connectivity index (χ1n) is 12.9. The molecular formula is C28H35N7O4. The SMILES string of the molecule is COc1ccc(N2CCN(C(c3cc4cc(OC)c(OC)cc4[nH]c3=O)c3nnnn3C(C)(C)C)CC2)cc1. The minimum atomic E-state index is -0.446. The Morgan fingerprint density at radius 2 is 1.56 bits per heavy atom. The van der Waals surface area contributed by atoms with Crippen LogP contribution in [0.25, 0.3) is 10.9 Å². The fraction of sp³-hybridized carbons (Fsp3) is 0.429. The molecule has 2 aromatic carbocycles. The molecule has 4 aromatic rings. The van der Waals surface area contributed by atoms with Gasteiger partial charge in [-0.1, -0.05) is 0 Å². The zero-order valence-corrected chi connectivity index (χ0v) is 23.3. The van der Waals surface area contributed by atoms with Gasteiger partial charge in [-0.3, -0.25) is 9.69 Å². The number of anilines is 1. The van der Waals surface area contributed by atoms with Crippen LogP contribution < -0.4 is 24.7 Å². The molecule has 1 aliphatic rings. The highest BCUT2D eigenvalue weighted by Crippen LogP contribution is 2.34. The molecule has 0 amide bonds. The number of nitrogens with one attached hydrogen (secondary N) is 1. The van der Waals surface area contributed by atoms with Gasteiger partial charge >= 0.3 is 0 Å². The molecule has 0 bridgehead atoms. The third kappa shape index (κ3) is 5.14. The van der Waals surface area contributed by atoms with Crippen molar-refractivity contribution < 1.29 is 14.2 Å². The Hall–Kier alpha value is -4.12. The highest BCUT2D eigenvalue weighted by molar-refractivity contribution is 5.83. The van der Waals surface area contributed by atoms with E-state index in [1.807, 2.05) is 49.7 Å². The first kappa shape index (κ1) is 26.5. The van der Waals surface area contributed by atoms with Crippen LogP contribution >= 0.6 is 0 Å². The van der Waals surface area contributed by atoms with E-state index in [0.29, 0.717) is 28.4 Å². The maximum atomic E-state index is 13.6. The van der Waals surface area contributed by atoms with Crippen LogP contribution in [0.2, 0.25) is 0 Å². The van der Waals surface area contributed by atoms with Gasteiger partial charge < -0.3 is 24.1 Å². The van der Waals surface area contributed by atoms with Crippen molar-refractivity contribution in [3.8, 4) is 17.2 Å². The molecule has 206 valence electrons. The van der Waals surface area contributed by atoms with Crippen LogP contribution in [0.1, 0.15) is 38.2 Å². The van der Waals surface area contributed by atoms with Crippen LogP contribution in [0.15, 0.2) is 47.3 Å². The molecule has 5 rings (SSSR count). The normalized spacial score (nSPS) is 15.4. The molecule has 11 heteroatoms. The number of nitrogens with zero attached hydrogens (tertiary/aromatic N) is 6. The van der Waals surface area contributed by atoms with Gasteiger partial charge in [0.15, 0.2) is 17.3 Å². The van der Waals surface area contributed by atoms with Gasteiger partial charge in [0.25, 0.3) is 5.56 Å². The quantitative estimate of drug-likeness (QED) is 0.383. The molecule has 1 aliphatic heterocycles. The molecule has 1 N–H and O–H groups in total. The summed E-state index contributed by atoms with van der Waals surface area (Å²) in [5.41, 5.74) is 1.81. The third-order valence-corrected chi connectivity index (χ3v) is 7.16. The number of H-pyrrole nitrogens is 1. The molecule has 3 heterocycles. The zero-order valence-electron chi connectivity index (χ0n) is 23.3. The summed E-state index contributed by atoms with van der Waals surface area (Å²) in [7, 11) is 4.84. The van der Waals surface area contributed by atoms with E-state index in [4.69, 9.17) is 14.2 Å². The second kappa shape index (κ2) is 10.6. The number of piperazine rings is 1. The lowest BCUT2D eigenvalue weighted by atomic mass is 10.0. The predicted octanol–water partition coefficient (Wildman–Crippen LogP) is 3.21. The molecule has 1 saturated heterocycles. The molecule has 2 aromatic heterocycles. The second-order valence-electron chi connectivity index (χ2n) is 10.6. The Labute approximate surface area is 227 Å². The highest BCUT2D eigenvalue weighted by atomic mass is 16.5. The van der Waals surface area contributed by atoms with Gasteiger partial charge in [0.2, 0.25) is 0 Å². The average molecular weight is 534 g/mol. The van der Waals surface area contributed by atoms with Gasteiger partial charge in [-0.05, 0) is 67.6 Å². The van der Waals surface area contributed by atoms with Crippen molar-refractivity contribution in [3.63, 3.8) is 0 Å². The fourth-order valence-corrected chi connectivity index (χ4v) is 5.13. The highest BCUT2D eigenvalue weighted by Gasteiger charge is 2.35. The number of tetrazole rings is 1. The molecule has 1 fully saturated rings. The third-order valence-electron chi connectivity index (χ3n) is 7.16. The summed E-state index contributed by atoms with van der Waals surface area (Å²) in [6.45, 7) is 9.16. The lowest BCUT2D eigenvalue weighted by molar-refractivity contribution is 0.190. The second-order valence-corrected chi connectivity index (χ2v) is 10.6. The number of hydrogen-bond acceptors (Lipinski definition) is 9. The average Bonchev–Trinajstić information content (AvgIpc) is 3.43. The molecule has 0 radical (unpaired) electrons. The van der Waals surface area contributed by atoms with Crippen molar-refractivity contribution in [1.82, 2.24) is 30.1 Å². The van der Waals surface area contributed by atoms with Crippen LogP contribution in [-0.4, -0.2) is 77.6 Å². The van der Waals surface area contributed by atoms with Crippen LogP contribution in [-0.2, 0) is 5.54 Å². The molecule has 39 heavy (non-hydrogen) atoms. The fourth-order valence-electron chi connectivity index (χ4n) is 5.13. The van der Waals surface area contributed by atoms with Crippen molar-refractivity contribution in [1.29, 1.82) is 0 Å². The number of fused-ring (bicyclic) bond motifs is 1. The molecule has 1 atom stereocenters. The molecule has 1 unspecified atom stereocenters. The minimum absolute atomic E-state index is 0.194. The lowest BCUT2D eigenvalue weighted by Gasteiger charge is -2.40. The first-order valence-corrected chi connectivity index (χ1v) is 12.9. The Balaban J connectivity index is 1.55. The summed E-state index contributed by atoms with van der Waals surface area (Å²) in [6.07, 6.45) is 0. The Morgan fingerprint density at radius 3 is 2.18 bits per heavy atom. The number of aromatic nitrogens is 5. The first-order chi connectivity index (χ1) is 18.7. The maximum Gasteiger partial charge on any atom is 0.253 e. The maximum absolute atomic E-state index is 13.6. The van der Waals surface area contributed by atoms with Gasteiger partial charge in [-0.25, -0.2) is 4.68 Å². The summed E-state index contributed by atoms with van der Waals surface area (Å²) < 4.78 is 18.1. The van der Waals surface area contributed by atoms with E-state index < -0.39 is 6.04 Å². The summed E-state index contributed by atoms with van der Waals surface area (Å²) >= 11 is 0. The minimum Gasteiger partial charge on any atom is -0.497 e. The van der Waals surface area contributed by atoms with Gasteiger partial charge in [0.05, 0.1) is 32.4 Å². The molecule has 11 nitrogen and oxygen atoms in total. The van der Waals surface area contributed by atoms with Crippen LogP contribution in [0.5, 0.6) is 17.2 Å². The number of benzene rings is 2. The van der Waals surface area contributed by atoms with E-state index in [1.165, 1.54) is 0 Å². The van der Waals surface area contributed by atoms with Crippen LogP contribution in [0, 0.1) is 0 Å². The van der Waals surface area contributed by atoms with Crippen LogP contribution in [0.4, 0.5) is 5.69 Å². The van der Waals surface area contributed by atoms with Crippen molar-refractivity contribution in [2.24, 2.45) is 0 Å². The van der Waals surface area contributed by atoms with Gasteiger partial charge in [-0.2, -0.15) is 0 Å². The van der Waals surface area contributed by atoms with E-state index in [-0.39, 0.29) is 11.1 Å². The summed E-state index contributed by atoms with van der Waals surface area (Å²) in [4.78, 5) is 21.3. The topological polar surface area (TPSA) is 111 Å². The van der Waals surface area contributed by atoms with Gasteiger partial charge in [0.1, 0.15) is 11.8 Å². The van der Waals surface area contributed by atoms with E-state index in [1.54, 1.807) is 27.4 Å². The number of pyridine rings is 1. The smallest absolute Gasteiger partial charge is 0.253 e. The van der Waals surface area contributed by atoms with Crippen molar-refractivity contribution >= 4 is 16.6 Å². The number of methoxy groups -OCH3 is 3. The largest absolute Gasteiger partial charge is 0.497 e. The summed E-state index contributed by atoms with van der Waals surface area (Å²) in [6, 6.07) is 13.2. The van der Waals surface area contributed by atoms with E-state index in [0.717, 1.165) is 43.0 Å². The van der Waals surface area contributed by atoms with Crippen LogP contribution in [0.3, 0.4) is 0 Å². The number of rotatable bonds is 7. The predicted molar refractivity (Wildman–Crippen MR) is 149 cm³/mol. The van der Waals surface area contributed by atoms with E-state index >= 15 is 0 Å². The summed E-state index contributed by atoms with van der Waals surface area (Å²) in [5.74, 6) is 2.60. The Morgan fingerprint density at radius 1 is 0.897 bits per heavy atom. The van der Waals surface area contributed by atoms with Gasteiger partial charge in [0, 0.05) is 48.9 Å². The Kier molecular flexibility index (Phi) is 7.17. The van der Waals surface area contributed by atoms with Crippen molar-refractivity contribution in [2.75, 3.05) is 52.4 Å². The van der Waals surface area contributed by atoms with Crippen molar-refractivity contribution in [2.45, 2.75) is 32.4 Å². The lowest BCUT2D eigenvalue weighted by Crippen LogP contribution is -2.49. The van der Waals surface area contributed by atoms with Crippen molar-refractivity contribution in [3.05, 3.63) is 64.2 Å². The molecular weight excluding hydrogens is 498 g/mol. The van der Waals surface area contributed by atoms with E-state index in [2.05, 4.69) is 42.4 Å². The standard InChI is InChI=1S/C28H35N7O4/c1-28(2,3)35-26(30-31-32-35)25(34-13-11-33(12-14-34)19-7-9-20(37-4)10-8-19)21-15-18-16-23(38-5)24(39-6)17-22(18)29-27(21)36/h7-10,15-17,25H,11-14H2,1-6H3,(H,29,36). The molecule has 0 aliphatic carbocycles. The zero-order chi connectivity index (χ0) is 27.7. The summed E-state index contributed by atoms with van der Waals surface area (Å²) in [5, 5.41) is 13.6. The molecule has 0 saturated carbocycles. The molecule has 0 spiro atoms. The number of hydrogen-bond donors (Lipinski definition) is 1. The monoisotopic (exact) mass is 533 g/mol. The van der Waals surface area contributed by atoms with Gasteiger partial charge in [-0.15, -0.1) is 5.10 Å². The van der Waals surface area contributed by atoms with E-state index in [9.17, 15) is 4.79 Å².